The molecule has 20 heavy (non-hydrogen) atoms. The van der Waals surface area contributed by atoms with E-state index in [1.165, 1.54) is 6.92 Å². The molecule has 1 atom stereocenters. The molecule has 1 unspecified atom stereocenters. The Balaban J connectivity index is 2.43. The van der Waals surface area contributed by atoms with Gasteiger partial charge in [0.2, 0.25) is 5.91 Å². The maximum Gasteiger partial charge on any atom is 0.260 e. The van der Waals surface area contributed by atoms with Crippen molar-refractivity contribution in [2.75, 3.05) is 13.1 Å². The number of aryl methyl sites for hydroxylation is 1. The number of halogens is 1. The number of rotatable bonds is 6. The van der Waals surface area contributed by atoms with Crippen molar-refractivity contribution in [2.45, 2.75) is 26.9 Å². The maximum atomic E-state index is 11.8. The maximum absolute atomic E-state index is 11.8. The minimum absolute atomic E-state index is 0.125. The molecule has 110 valence electrons. The van der Waals surface area contributed by atoms with Crippen LogP contribution in [-0.4, -0.2) is 31.0 Å². The summed E-state index contributed by atoms with van der Waals surface area (Å²) >= 11 is 5.86. The number of carbonyl (C=O) groups is 2. The topological polar surface area (TPSA) is 67.4 Å². The lowest BCUT2D eigenvalue weighted by Crippen LogP contribution is -2.40. The van der Waals surface area contributed by atoms with Crippen molar-refractivity contribution >= 4 is 23.4 Å². The Kier molecular flexibility index (Phi) is 6.31. The first-order chi connectivity index (χ1) is 9.40. The zero-order valence-corrected chi connectivity index (χ0v) is 12.6. The summed E-state index contributed by atoms with van der Waals surface area (Å²) in [5.74, 6) is 0.268. The average Bonchev–Trinajstić information content (AvgIpc) is 2.37. The van der Waals surface area contributed by atoms with Gasteiger partial charge in [-0.3, -0.25) is 9.59 Å². The van der Waals surface area contributed by atoms with Crippen LogP contribution >= 0.6 is 11.6 Å². The van der Waals surface area contributed by atoms with Gasteiger partial charge >= 0.3 is 0 Å². The standard InChI is InChI=1S/C14H19ClN2O3/c1-9-8-12(15)4-5-13(9)20-10(2)14(19)17-7-6-16-11(3)18/h4-5,8,10H,6-7H2,1-3H3,(H,16,18)(H,17,19). The van der Waals surface area contributed by atoms with E-state index in [0.717, 1.165) is 5.56 Å². The van der Waals surface area contributed by atoms with Gasteiger partial charge in [0.05, 0.1) is 0 Å². The average molecular weight is 299 g/mol. The van der Waals surface area contributed by atoms with E-state index in [1.807, 2.05) is 6.92 Å². The molecule has 0 saturated carbocycles. The SMILES string of the molecule is CC(=O)NCCNC(=O)C(C)Oc1ccc(Cl)cc1C. The van der Waals surface area contributed by atoms with Gasteiger partial charge in [0, 0.05) is 25.0 Å². The van der Waals surface area contributed by atoms with Crippen LogP contribution in [0.2, 0.25) is 5.02 Å². The molecule has 0 saturated heterocycles. The summed E-state index contributed by atoms with van der Waals surface area (Å²) in [4.78, 5) is 22.5. The second kappa shape index (κ2) is 7.75. The molecular weight excluding hydrogens is 280 g/mol. The van der Waals surface area contributed by atoms with Crippen LogP contribution in [0.5, 0.6) is 5.75 Å². The molecule has 0 aliphatic carbocycles. The number of carbonyl (C=O) groups excluding carboxylic acids is 2. The fourth-order valence-corrected chi connectivity index (χ4v) is 1.78. The number of hydrogen-bond acceptors (Lipinski definition) is 3. The van der Waals surface area contributed by atoms with E-state index in [0.29, 0.717) is 23.9 Å². The number of benzene rings is 1. The summed E-state index contributed by atoms with van der Waals surface area (Å²) in [7, 11) is 0. The fourth-order valence-electron chi connectivity index (χ4n) is 1.56. The predicted molar refractivity (Wildman–Crippen MR) is 78.0 cm³/mol. The van der Waals surface area contributed by atoms with Crippen molar-refractivity contribution in [3.05, 3.63) is 28.8 Å². The summed E-state index contributed by atoms with van der Waals surface area (Å²) in [5, 5.41) is 5.91. The van der Waals surface area contributed by atoms with Crippen molar-refractivity contribution in [1.29, 1.82) is 0 Å². The monoisotopic (exact) mass is 298 g/mol. The van der Waals surface area contributed by atoms with Gasteiger partial charge in [-0.1, -0.05) is 11.6 Å². The van der Waals surface area contributed by atoms with Gasteiger partial charge in [-0.15, -0.1) is 0 Å². The van der Waals surface area contributed by atoms with Gasteiger partial charge in [0.25, 0.3) is 5.91 Å². The van der Waals surface area contributed by atoms with Crippen molar-refractivity contribution in [2.24, 2.45) is 0 Å². The zero-order valence-electron chi connectivity index (χ0n) is 11.8. The molecule has 0 heterocycles. The van der Waals surface area contributed by atoms with Crippen LogP contribution in [0, 0.1) is 6.92 Å². The molecule has 5 nitrogen and oxygen atoms in total. The number of hydrogen-bond donors (Lipinski definition) is 2. The Labute approximate surface area is 123 Å². The predicted octanol–water partition coefficient (Wildman–Crippen LogP) is 1.67. The Morgan fingerprint density at radius 2 is 1.95 bits per heavy atom. The largest absolute Gasteiger partial charge is 0.481 e. The quantitative estimate of drug-likeness (QED) is 0.785. The molecule has 0 aromatic heterocycles. The van der Waals surface area contributed by atoms with E-state index in [-0.39, 0.29) is 11.8 Å². The van der Waals surface area contributed by atoms with E-state index in [9.17, 15) is 9.59 Å². The fraction of sp³-hybridized carbons (Fsp3) is 0.429. The van der Waals surface area contributed by atoms with Crippen LogP contribution in [0.15, 0.2) is 18.2 Å². The van der Waals surface area contributed by atoms with Crippen LogP contribution in [0.1, 0.15) is 19.4 Å². The minimum Gasteiger partial charge on any atom is -0.481 e. The van der Waals surface area contributed by atoms with Crippen LogP contribution < -0.4 is 15.4 Å². The lowest BCUT2D eigenvalue weighted by molar-refractivity contribution is -0.127. The third-order valence-electron chi connectivity index (χ3n) is 2.61. The molecule has 0 radical (unpaired) electrons. The Hall–Kier alpha value is -1.75. The Bertz CT molecular complexity index is 491. The highest BCUT2D eigenvalue weighted by atomic mass is 35.5. The van der Waals surface area contributed by atoms with Gasteiger partial charge in [-0.05, 0) is 37.6 Å². The summed E-state index contributed by atoms with van der Waals surface area (Å²) in [6.07, 6.45) is -0.618. The molecule has 1 aromatic carbocycles. The summed E-state index contributed by atoms with van der Waals surface area (Å²) in [6, 6.07) is 5.22. The highest BCUT2D eigenvalue weighted by Gasteiger charge is 2.15. The van der Waals surface area contributed by atoms with Gasteiger partial charge in [0.1, 0.15) is 5.75 Å². The Morgan fingerprint density at radius 1 is 1.30 bits per heavy atom. The van der Waals surface area contributed by atoms with Crippen LogP contribution in [-0.2, 0) is 9.59 Å². The minimum atomic E-state index is -0.618. The first kappa shape index (κ1) is 16.3. The van der Waals surface area contributed by atoms with Crippen LogP contribution in [0.25, 0.3) is 0 Å². The molecule has 2 amide bonds. The number of ether oxygens (including phenoxy) is 1. The smallest absolute Gasteiger partial charge is 0.260 e. The van der Waals surface area contributed by atoms with Gasteiger partial charge in [-0.2, -0.15) is 0 Å². The highest BCUT2D eigenvalue weighted by molar-refractivity contribution is 6.30. The van der Waals surface area contributed by atoms with Crippen molar-refractivity contribution in [3.8, 4) is 5.75 Å². The number of amides is 2. The third-order valence-corrected chi connectivity index (χ3v) is 2.84. The van der Waals surface area contributed by atoms with Gasteiger partial charge in [0.15, 0.2) is 6.10 Å². The van der Waals surface area contributed by atoms with Gasteiger partial charge < -0.3 is 15.4 Å². The molecule has 6 heteroatoms. The van der Waals surface area contributed by atoms with Crippen molar-refractivity contribution in [1.82, 2.24) is 10.6 Å². The summed E-state index contributed by atoms with van der Waals surface area (Å²) < 4.78 is 5.58. The van der Waals surface area contributed by atoms with Crippen molar-refractivity contribution < 1.29 is 14.3 Å². The molecule has 0 bridgehead atoms. The summed E-state index contributed by atoms with van der Waals surface area (Å²) in [6.45, 7) is 5.72. The summed E-state index contributed by atoms with van der Waals surface area (Å²) in [5.41, 5.74) is 0.871. The van der Waals surface area contributed by atoms with Crippen LogP contribution in [0.4, 0.5) is 0 Å². The molecule has 0 spiro atoms. The number of nitrogens with one attached hydrogen (secondary N) is 2. The van der Waals surface area contributed by atoms with Crippen LogP contribution in [0.3, 0.4) is 0 Å². The van der Waals surface area contributed by atoms with E-state index in [2.05, 4.69) is 10.6 Å². The van der Waals surface area contributed by atoms with E-state index in [4.69, 9.17) is 16.3 Å². The molecular formula is C14H19ClN2O3. The first-order valence-electron chi connectivity index (χ1n) is 6.35. The lowest BCUT2D eigenvalue weighted by Gasteiger charge is -2.16. The van der Waals surface area contributed by atoms with Crippen molar-refractivity contribution in [3.63, 3.8) is 0 Å². The molecule has 2 N–H and O–H groups in total. The molecule has 0 aliphatic rings. The van der Waals surface area contributed by atoms with E-state index >= 15 is 0 Å². The van der Waals surface area contributed by atoms with E-state index < -0.39 is 6.10 Å². The zero-order chi connectivity index (χ0) is 15.1. The second-order valence-corrected chi connectivity index (χ2v) is 4.88. The third kappa shape index (κ3) is 5.48. The lowest BCUT2D eigenvalue weighted by atomic mass is 10.2. The second-order valence-electron chi connectivity index (χ2n) is 4.44. The molecule has 1 aromatic rings. The van der Waals surface area contributed by atoms with Gasteiger partial charge in [-0.25, -0.2) is 0 Å². The molecule has 1 rings (SSSR count). The molecule has 0 fully saturated rings. The molecule has 0 aliphatic heterocycles. The Morgan fingerprint density at radius 3 is 2.55 bits per heavy atom. The first-order valence-corrected chi connectivity index (χ1v) is 6.73. The highest BCUT2D eigenvalue weighted by Crippen LogP contribution is 2.22. The normalized spacial score (nSPS) is 11.6. The van der Waals surface area contributed by atoms with E-state index in [1.54, 1.807) is 25.1 Å².